The third-order valence-corrected chi connectivity index (χ3v) is 3.11. The van der Waals surface area contributed by atoms with Crippen LogP contribution in [0.1, 0.15) is 16.2 Å². The summed E-state index contributed by atoms with van der Waals surface area (Å²) in [4.78, 5) is 23.9. The highest BCUT2D eigenvalue weighted by Gasteiger charge is 2.08. The van der Waals surface area contributed by atoms with Crippen molar-refractivity contribution in [2.45, 2.75) is 6.54 Å². The van der Waals surface area contributed by atoms with Crippen molar-refractivity contribution in [3.05, 3.63) is 54.1 Å². The number of rotatable bonds is 4. The molecule has 0 saturated carbocycles. The monoisotopic (exact) mass is 296 g/mol. The molecule has 0 radical (unpaired) electrons. The Morgan fingerprint density at radius 2 is 1.95 bits per heavy atom. The molecule has 0 fully saturated rings. The summed E-state index contributed by atoms with van der Waals surface area (Å²) in [6, 6.07) is 9.46. The number of anilines is 1. The van der Waals surface area contributed by atoms with Crippen LogP contribution >= 0.6 is 0 Å². The van der Waals surface area contributed by atoms with Gasteiger partial charge >= 0.3 is 0 Å². The van der Waals surface area contributed by atoms with E-state index in [-0.39, 0.29) is 11.7 Å². The van der Waals surface area contributed by atoms with E-state index in [0.29, 0.717) is 6.54 Å². The zero-order valence-electron chi connectivity index (χ0n) is 11.9. The maximum Gasteiger partial charge on any atom is 0.289 e. The van der Waals surface area contributed by atoms with Crippen molar-refractivity contribution in [3.63, 3.8) is 0 Å². The Kier molecular flexibility index (Phi) is 4.24. The summed E-state index contributed by atoms with van der Waals surface area (Å²) in [6.07, 6.45) is 3.09. The number of hydrogen-bond donors (Lipinski definition) is 3. The van der Waals surface area contributed by atoms with Crippen LogP contribution < -0.4 is 16.0 Å². The van der Waals surface area contributed by atoms with E-state index in [1.54, 1.807) is 18.5 Å². The quantitative estimate of drug-likeness (QED) is 0.775. The molecular formula is C15H16N6O. The van der Waals surface area contributed by atoms with Crippen molar-refractivity contribution in [2.24, 2.45) is 4.99 Å². The van der Waals surface area contributed by atoms with E-state index < -0.39 is 0 Å². The first-order valence-corrected chi connectivity index (χ1v) is 7.01. The first kappa shape index (κ1) is 14.0. The van der Waals surface area contributed by atoms with Gasteiger partial charge in [-0.2, -0.15) is 0 Å². The lowest BCUT2D eigenvalue weighted by Crippen LogP contribution is -2.26. The normalized spacial score (nSPS) is 13.2. The fourth-order valence-corrected chi connectivity index (χ4v) is 2.00. The molecule has 22 heavy (non-hydrogen) atoms. The highest BCUT2D eigenvalue weighted by Crippen LogP contribution is 2.10. The summed E-state index contributed by atoms with van der Waals surface area (Å²) in [7, 11) is 0. The molecule has 0 unspecified atom stereocenters. The molecule has 3 N–H and O–H groups in total. The predicted molar refractivity (Wildman–Crippen MR) is 83.6 cm³/mol. The second-order valence-electron chi connectivity index (χ2n) is 4.73. The molecule has 2 heterocycles. The van der Waals surface area contributed by atoms with Gasteiger partial charge in [-0.3, -0.25) is 9.79 Å². The fraction of sp³-hybridized carbons (Fsp3) is 0.200. The third kappa shape index (κ3) is 3.57. The van der Waals surface area contributed by atoms with Crippen LogP contribution in [0.4, 0.5) is 5.69 Å². The average molecular weight is 296 g/mol. The number of guanidine groups is 1. The van der Waals surface area contributed by atoms with Crippen molar-refractivity contribution in [2.75, 3.05) is 18.4 Å². The van der Waals surface area contributed by atoms with Crippen molar-refractivity contribution < 1.29 is 4.79 Å². The standard InChI is InChI=1S/C15H16N6O/c22-14(13-16-6-1-7-17-13)20-10-11-2-4-12(5-3-11)21-15-18-8-9-19-15/h1-7H,8-10H2,(H,20,22)(H2,18,19,21). The van der Waals surface area contributed by atoms with Crippen LogP contribution in [-0.4, -0.2) is 34.9 Å². The molecule has 1 aromatic heterocycles. The van der Waals surface area contributed by atoms with E-state index in [1.165, 1.54) is 0 Å². The van der Waals surface area contributed by atoms with Gasteiger partial charge in [-0.05, 0) is 23.8 Å². The van der Waals surface area contributed by atoms with Crippen molar-refractivity contribution in [1.29, 1.82) is 0 Å². The Hall–Kier alpha value is -2.96. The second kappa shape index (κ2) is 6.66. The Bertz CT molecular complexity index is 668. The van der Waals surface area contributed by atoms with Crippen LogP contribution in [-0.2, 0) is 6.54 Å². The lowest BCUT2D eigenvalue weighted by molar-refractivity contribution is 0.0940. The van der Waals surface area contributed by atoms with E-state index in [4.69, 9.17) is 0 Å². The molecule has 1 amide bonds. The van der Waals surface area contributed by atoms with Crippen LogP contribution in [0.25, 0.3) is 0 Å². The van der Waals surface area contributed by atoms with Gasteiger partial charge in [0, 0.05) is 31.2 Å². The van der Waals surface area contributed by atoms with E-state index in [9.17, 15) is 4.79 Å². The van der Waals surface area contributed by atoms with Crippen LogP contribution in [0.3, 0.4) is 0 Å². The maximum absolute atomic E-state index is 11.8. The zero-order chi connectivity index (χ0) is 15.2. The van der Waals surface area contributed by atoms with Gasteiger partial charge in [-0.1, -0.05) is 12.1 Å². The van der Waals surface area contributed by atoms with Crippen LogP contribution in [0, 0.1) is 0 Å². The number of nitrogens with one attached hydrogen (secondary N) is 3. The summed E-state index contributed by atoms with van der Waals surface area (Å²) in [6.45, 7) is 2.10. The summed E-state index contributed by atoms with van der Waals surface area (Å²) in [5, 5.41) is 9.12. The summed E-state index contributed by atoms with van der Waals surface area (Å²) in [5.41, 5.74) is 1.95. The third-order valence-electron chi connectivity index (χ3n) is 3.11. The minimum atomic E-state index is -0.285. The molecule has 0 spiro atoms. The number of carbonyl (C=O) groups is 1. The van der Waals surface area contributed by atoms with E-state index in [1.807, 2.05) is 24.3 Å². The van der Waals surface area contributed by atoms with Gasteiger partial charge in [0.15, 0.2) is 5.96 Å². The smallest absolute Gasteiger partial charge is 0.289 e. The van der Waals surface area contributed by atoms with Gasteiger partial charge in [0.05, 0.1) is 6.54 Å². The SMILES string of the molecule is O=C(NCc1ccc(NC2=NCCN2)cc1)c1ncccn1. The van der Waals surface area contributed by atoms with E-state index in [0.717, 1.165) is 30.3 Å². The Morgan fingerprint density at radius 1 is 1.18 bits per heavy atom. The highest BCUT2D eigenvalue weighted by atomic mass is 16.2. The molecule has 0 saturated heterocycles. The van der Waals surface area contributed by atoms with Crippen molar-refractivity contribution in [1.82, 2.24) is 20.6 Å². The first-order valence-electron chi connectivity index (χ1n) is 7.01. The highest BCUT2D eigenvalue weighted by molar-refractivity contribution is 5.94. The molecule has 0 bridgehead atoms. The zero-order valence-corrected chi connectivity index (χ0v) is 11.9. The number of benzene rings is 1. The van der Waals surface area contributed by atoms with Crippen LogP contribution in [0.15, 0.2) is 47.7 Å². The van der Waals surface area contributed by atoms with Gasteiger partial charge in [0.2, 0.25) is 5.82 Å². The van der Waals surface area contributed by atoms with Crippen LogP contribution in [0.2, 0.25) is 0 Å². The van der Waals surface area contributed by atoms with Crippen molar-refractivity contribution >= 4 is 17.6 Å². The molecule has 0 atom stereocenters. The number of aromatic nitrogens is 2. The molecule has 3 rings (SSSR count). The molecule has 7 heteroatoms. The molecule has 0 aliphatic carbocycles. The second-order valence-corrected chi connectivity index (χ2v) is 4.73. The van der Waals surface area contributed by atoms with Gasteiger partial charge in [0.25, 0.3) is 5.91 Å². The lowest BCUT2D eigenvalue weighted by Gasteiger charge is -2.08. The van der Waals surface area contributed by atoms with Gasteiger partial charge in [-0.25, -0.2) is 9.97 Å². The topological polar surface area (TPSA) is 91.3 Å². The Labute approximate surface area is 127 Å². The molecule has 1 aliphatic heterocycles. The predicted octanol–water partition coefficient (Wildman–Crippen LogP) is 0.778. The summed E-state index contributed by atoms with van der Waals surface area (Å²) >= 11 is 0. The molecular weight excluding hydrogens is 280 g/mol. The van der Waals surface area contributed by atoms with Gasteiger partial charge in [0.1, 0.15) is 0 Å². The number of nitrogens with zero attached hydrogens (tertiary/aromatic N) is 3. The molecule has 7 nitrogen and oxygen atoms in total. The Balaban J connectivity index is 1.54. The van der Waals surface area contributed by atoms with Gasteiger partial charge < -0.3 is 16.0 Å². The first-order chi connectivity index (χ1) is 10.8. The minimum absolute atomic E-state index is 0.172. The summed E-state index contributed by atoms with van der Waals surface area (Å²) in [5.74, 6) is 0.681. The number of carbonyl (C=O) groups excluding carboxylic acids is 1. The van der Waals surface area contributed by atoms with E-state index >= 15 is 0 Å². The molecule has 112 valence electrons. The summed E-state index contributed by atoms with van der Waals surface area (Å²) < 4.78 is 0. The fourth-order valence-electron chi connectivity index (χ4n) is 2.00. The number of aliphatic imine (C=N–C) groups is 1. The lowest BCUT2D eigenvalue weighted by atomic mass is 10.2. The largest absolute Gasteiger partial charge is 0.354 e. The van der Waals surface area contributed by atoms with Gasteiger partial charge in [-0.15, -0.1) is 0 Å². The minimum Gasteiger partial charge on any atom is -0.354 e. The molecule has 2 aromatic rings. The number of hydrogen-bond acceptors (Lipinski definition) is 6. The Morgan fingerprint density at radius 3 is 2.64 bits per heavy atom. The molecule has 1 aromatic carbocycles. The van der Waals surface area contributed by atoms with Crippen LogP contribution in [0.5, 0.6) is 0 Å². The van der Waals surface area contributed by atoms with E-state index in [2.05, 4.69) is 30.9 Å². The number of amides is 1. The molecule has 1 aliphatic rings. The maximum atomic E-state index is 11.8. The van der Waals surface area contributed by atoms with Crippen molar-refractivity contribution in [3.8, 4) is 0 Å². The average Bonchev–Trinajstić information content (AvgIpc) is 3.08.